The van der Waals surface area contributed by atoms with Gasteiger partial charge in [-0.3, -0.25) is 0 Å². The highest BCUT2D eigenvalue weighted by molar-refractivity contribution is 7.06. The maximum absolute atomic E-state index is 6.46. The van der Waals surface area contributed by atoms with Crippen molar-refractivity contribution in [1.29, 1.82) is 0 Å². The van der Waals surface area contributed by atoms with Crippen LogP contribution < -0.4 is 41.5 Å². The van der Waals surface area contributed by atoms with Gasteiger partial charge >= 0.3 is 0 Å². The molecule has 3 aliphatic rings. The fraction of sp³-hybridized carbons (Fsp3) is 0.0400. The van der Waals surface area contributed by atoms with Crippen LogP contribution in [0.4, 0.5) is 51.2 Å². The lowest BCUT2D eigenvalue weighted by Crippen LogP contribution is -2.67. The summed E-state index contributed by atoms with van der Waals surface area (Å²) in [6.07, 6.45) is 0. The highest BCUT2D eigenvalue weighted by Crippen LogP contribution is 2.49. The summed E-state index contributed by atoms with van der Waals surface area (Å²) in [7, 11) is -2.33. The Labute approximate surface area is 327 Å². The van der Waals surface area contributed by atoms with Crippen molar-refractivity contribution in [3.63, 3.8) is 0 Å². The number of anilines is 9. The summed E-state index contributed by atoms with van der Waals surface area (Å²) < 4.78 is 6.46. The van der Waals surface area contributed by atoms with Crippen molar-refractivity contribution < 1.29 is 4.42 Å². The van der Waals surface area contributed by atoms with Gasteiger partial charge in [-0.05, 0) is 99.6 Å². The van der Waals surface area contributed by atoms with Crippen LogP contribution in [0.2, 0.25) is 13.1 Å². The van der Waals surface area contributed by atoms with E-state index in [2.05, 4.69) is 210 Å². The molecule has 0 atom stereocenters. The Hall–Kier alpha value is -6.76. The van der Waals surface area contributed by atoms with Gasteiger partial charge < -0.3 is 19.1 Å². The summed E-state index contributed by atoms with van der Waals surface area (Å²) in [5, 5.41) is 5.18. The van der Waals surface area contributed by atoms with E-state index in [1.165, 1.54) is 60.9 Å². The number of para-hydroxylation sites is 5. The summed E-state index contributed by atoms with van der Waals surface area (Å²) in [5.41, 5.74) is 16.8. The second-order valence-electron chi connectivity index (χ2n) is 15.7. The maximum Gasteiger partial charge on any atom is 0.252 e. The molecular formula is C50H36BN3OSi. The van der Waals surface area contributed by atoms with E-state index < -0.39 is 8.07 Å². The Bertz CT molecular complexity index is 3010. The van der Waals surface area contributed by atoms with Crippen molar-refractivity contribution in [2.24, 2.45) is 0 Å². The average molecular weight is 734 g/mol. The topological polar surface area (TPSA) is 22.9 Å². The van der Waals surface area contributed by atoms with Crippen molar-refractivity contribution in [1.82, 2.24) is 0 Å². The number of rotatable bonds is 4. The van der Waals surface area contributed by atoms with Crippen LogP contribution in [0.1, 0.15) is 0 Å². The molecule has 0 aliphatic carbocycles. The minimum atomic E-state index is -2.33. The highest BCUT2D eigenvalue weighted by Gasteiger charge is 2.50. The standard InChI is InChI=1S/C50H36BN3OSi/c1-56(2)46-30-14-12-24-39(46)54-42-27-15-26-41-48(42)51(37-31-32-43(50(56)49(37)54)52(33-17-5-3-6-18-33)34-19-7-4-8-20-34)36-22-10-11-23-38(36)53(41)40-25-16-29-45-47(40)35-21-9-13-28-44(35)55-45/h3-32H,1-2H3. The zero-order valence-corrected chi connectivity index (χ0v) is 32.1. The fourth-order valence-electron chi connectivity index (χ4n) is 10.1. The largest absolute Gasteiger partial charge is 0.456 e. The van der Waals surface area contributed by atoms with Gasteiger partial charge in [-0.2, -0.15) is 0 Å². The molecule has 0 amide bonds. The molecular weight excluding hydrogens is 697 g/mol. The molecule has 4 heterocycles. The van der Waals surface area contributed by atoms with Crippen LogP contribution in [0, 0.1) is 0 Å². The second kappa shape index (κ2) is 11.6. The molecule has 0 radical (unpaired) electrons. The Morgan fingerprint density at radius 3 is 1.86 bits per heavy atom. The fourth-order valence-corrected chi connectivity index (χ4v) is 13.4. The predicted octanol–water partition coefficient (Wildman–Crippen LogP) is 10.3. The summed E-state index contributed by atoms with van der Waals surface area (Å²) in [5.74, 6) is 0. The molecule has 264 valence electrons. The van der Waals surface area contributed by atoms with Crippen LogP contribution in [-0.4, -0.2) is 14.8 Å². The Morgan fingerprint density at radius 2 is 1.07 bits per heavy atom. The lowest BCUT2D eigenvalue weighted by molar-refractivity contribution is 0.669. The Kier molecular flexibility index (Phi) is 6.55. The number of nitrogens with zero attached hydrogens (tertiary/aromatic N) is 3. The molecule has 0 fully saturated rings. The number of hydrogen-bond acceptors (Lipinski definition) is 4. The van der Waals surface area contributed by atoms with E-state index >= 15 is 0 Å². The summed E-state index contributed by atoms with van der Waals surface area (Å²) >= 11 is 0. The molecule has 0 spiro atoms. The van der Waals surface area contributed by atoms with Gasteiger partial charge in [0.1, 0.15) is 19.2 Å². The smallest absolute Gasteiger partial charge is 0.252 e. The van der Waals surface area contributed by atoms with Crippen molar-refractivity contribution in [2.45, 2.75) is 13.1 Å². The quantitative estimate of drug-likeness (QED) is 0.168. The zero-order chi connectivity index (χ0) is 37.1. The van der Waals surface area contributed by atoms with Crippen LogP contribution in [0.25, 0.3) is 21.9 Å². The second-order valence-corrected chi connectivity index (χ2v) is 20.0. The van der Waals surface area contributed by atoms with E-state index in [9.17, 15) is 0 Å². The first-order chi connectivity index (χ1) is 27.6. The molecule has 0 N–H and O–H groups in total. The SMILES string of the molecule is C[Si]1(C)c2ccccc2N2c3cccc4c3B(c3ccccc3N4c3cccc4oc5ccccc5c34)c3ccc(N(c4ccccc4)c4ccccc4)c1c32. The van der Waals surface area contributed by atoms with Gasteiger partial charge in [0, 0.05) is 50.9 Å². The minimum absolute atomic E-state index is 0.0463. The van der Waals surface area contributed by atoms with Gasteiger partial charge in [-0.15, -0.1) is 0 Å². The average Bonchev–Trinajstić information content (AvgIpc) is 3.63. The molecule has 3 aliphatic heterocycles. The Morgan fingerprint density at radius 1 is 0.482 bits per heavy atom. The molecule has 8 aromatic carbocycles. The minimum Gasteiger partial charge on any atom is -0.456 e. The third-order valence-corrected chi connectivity index (χ3v) is 15.9. The van der Waals surface area contributed by atoms with Crippen molar-refractivity contribution in [3.05, 3.63) is 182 Å². The van der Waals surface area contributed by atoms with E-state index in [1.54, 1.807) is 0 Å². The lowest BCUT2D eigenvalue weighted by Gasteiger charge is -2.50. The highest BCUT2D eigenvalue weighted by atomic mass is 28.3. The number of fused-ring (bicyclic) bond motifs is 9. The monoisotopic (exact) mass is 733 g/mol. The third kappa shape index (κ3) is 4.19. The molecule has 9 aromatic rings. The molecule has 12 rings (SSSR count). The van der Waals surface area contributed by atoms with Crippen molar-refractivity contribution in [2.75, 3.05) is 14.7 Å². The van der Waals surface area contributed by atoms with Gasteiger partial charge in [0.15, 0.2) is 0 Å². The van der Waals surface area contributed by atoms with Crippen LogP contribution >= 0.6 is 0 Å². The van der Waals surface area contributed by atoms with Crippen molar-refractivity contribution >= 4 is 115 Å². The third-order valence-electron chi connectivity index (χ3n) is 12.4. The normalized spacial score (nSPS) is 14.3. The lowest BCUT2D eigenvalue weighted by atomic mass is 9.33. The van der Waals surface area contributed by atoms with Gasteiger partial charge in [0.05, 0.1) is 11.1 Å². The van der Waals surface area contributed by atoms with E-state index in [0.717, 1.165) is 39.0 Å². The molecule has 6 heteroatoms. The summed E-state index contributed by atoms with van der Waals surface area (Å²) in [6, 6.07) is 66.7. The number of benzene rings is 8. The molecule has 1 aromatic heterocycles. The number of furan rings is 1. The first-order valence-corrected chi connectivity index (χ1v) is 22.5. The first-order valence-electron chi connectivity index (χ1n) is 19.5. The van der Waals surface area contributed by atoms with Gasteiger partial charge in [0.25, 0.3) is 6.71 Å². The summed E-state index contributed by atoms with van der Waals surface area (Å²) in [6.45, 7) is 5.15. The van der Waals surface area contributed by atoms with Crippen LogP contribution in [0.3, 0.4) is 0 Å². The molecule has 56 heavy (non-hydrogen) atoms. The number of hydrogen-bond donors (Lipinski definition) is 0. The van der Waals surface area contributed by atoms with Crippen LogP contribution in [0.15, 0.2) is 186 Å². The Balaban J connectivity index is 1.18. The van der Waals surface area contributed by atoms with E-state index in [-0.39, 0.29) is 6.71 Å². The van der Waals surface area contributed by atoms with Gasteiger partial charge in [-0.1, -0.05) is 122 Å². The van der Waals surface area contributed by atoms with E-state index in [0.29, 0.717) is 0 Å². The first kappa shape index (κ1) is 31.6. The zero-order valence-electron chi connectivity index (χ0n) is 31.1. The summed E-state index contributed by atoms with van der Waals surface area (Å²) in [4.78, 5) is 7.59. The van der Waals surface area contributed by atoms with Crippen LogP contribution in [-0.2, 0) is 0 Å². The van der Waals surface area contributed by atoms with Crippen molar-refractivity contribution in [3.8, 4) is 0 Å². The molecule has 4 nitrogen and oxygen atoms in total. The predicted molar refractivity (Wildman–Crippen MR) is 239 cm³/mol. The molecule has 0 saturated heterocycles. The molecule has 0 bridgehead atoms. The molecule has 0 unspecified atom stereocenters. The van der Waals surface area contributed by atoms with E-state index in [4.69, 9.17) is 4.42 Å². The maximum atomic E-state index is 6.46. The van der Waals surface area contributed by atoms with Gasteiger partial charge in [0.2, 0.25) is 0 Å². The van der Waals surface area contributed by atoms with E-state index in [1.807, 2.05) is 0 Å². The van der Waals surface area contributed by atoms with Crippen LogP contribution in [0.5, 0.6) is 0 Å². The molecule has 0 saturated carbocycles. The van der Waals surface area contributed by atoms with Gasteiger partial charge in [-0.25, -0.2) is 0 Å².